The van der Waals surface area contributed by atoms with E-state index in [2.05, 4.69) is 27.3 Å². The highest BCUT2D eigenvalue weighted by Gasteiger charge is 2.25. The Morgan fingerprint density at radius 2 is 1.95 bits per heavy atom. The van der Waals surface area contributed by atoms with Crippen molar-refractivity contribution in [3.63, 3.8) is 0 Å². The summed E-state index contributed by atoms with van der Waals surface area (Å²) in [7, 11) is 4.11. The van der Waals surface area contributed by atoms with Crippen LogP contribution in [0.15, 0.2) is 12.4 Å². The number of anilines is 1. The van der Waals surface area contributed by atoms with Crippen molar-refractivity contribution < 1.29 is 0 Å². The summed E-state index contributed by atoms with van der Waals surface area (Å²) in [5, 5.41) is 7.80. The maximum atomic E-state index is 4.90. The Balaban J connectivity index is 1.71. The topological polar surface area (TPSA) is 58.9 Å². The molecular formula is C16H22N6. The molecular weight excluding hydrogens is 276 g/mol. The lowest BCUT2D eigenvalue weighted by Gasteiger charge is -2.32. The van der Waals surface area contributed by atoms with Gasteiger partial charge in [-0.1, -0.05) is 0 Å². The van der Waals surface area contributed by atoms with Crippen LogP contribution in [-0.4, -0.2) is 45.9 Å². The third-order valence-corrected chi connectivity index (χ3v) is 4.93. The van der Waals surface area contributed by atoms with E-state index in [-0.39, 0.29) is 0 Å². The monoisotopic (exact) mass is 298 g/mol. The largest absolute Gasteiger partial charge is 0.341 e. The number of fused-ring (bicyclic) bond motifs is 3. The smallest absolute Gasteiger partial charge is 0.225 e. The van der Waals surface area contributed by atoms with Crippen molar-refractivity contribution in [3.05, 3.63) is 23.5 Å². The maximum Gasteiger partial charge on any atom is 0.225 e. The van der Waals surface area contributed by atoms with Crippen LogP contribution >= 0.6 is 0 Å². The number of hydrogen-bond donors (Lipinski definition) is 1. The van der Waals surface area contributed by atoms with Gasteiger partial charge in [-0.3, -0.25) is 4.68 Å². The SMILES string of the molecule is CN(c1ncc2c(n1)-c1c(cnn1C)CC2)C1CCNCC1. The predicted octanol–water partition coefficient (Wildman–Crippen LogP) is 1.16. The predicted molar refractivity (Wildman–Crippen MR) is 85.9 cm³/mol. The Hall–Kier alpha value is -1.95. The Morgan fingerprint density at radius 3 is 2.77 bits per heavy atom. The minimum atomic E-state index is 0.522. The molecule has 116 valence electrons. The Morgan fingerprint density at radius 1 is 1.18 bits per heavy atom. The first-order chi connectivity index (χ1) is 10.7. The fraction of sp³-hybridized carbons (Fsp3) is 0.562. The van der Waals surface area contributed by atoms with Crippen molar-refractivity contribution >= 4 is 5.95 Å². The van der Waals surface area contributed by atoms with Gasteiger partial charge in [0, 0.05) is 26.3 Å². The molecule has 1 N–H and O–H groups in total. The van der Waals surface area contributed by atoms with Crippen LogP contribution in [0.4, 0.5) is 5.95 Å². The van der Waals surface area contributed by atoms with Gasteiger partial charge < -0.3 is 10.2 Å². The normalized spacial score (nSPS) is 17.9. The fourth-order valence-electron chi connectivity index (χ4n) is 3.55. The highest BCUT2D eigenvalue weighted by Crippen LogP contribution is 2.32. The minimum Gasteiger partial charge on any atom is -0.341 e. The number of aryl methyl sites for hydroxylation is 3. The summed E-state index contributed by atoms with van der Waals surface area (Å²) in [6, 6.07) is 0.522. The van der Waals surface area contributed by atoms with Crippen LogP contribution in [0.3, 0.4) is 0 Å². The number of aromatic nitrogens is 4. The number of rotatable bonds is 2. The number of piperidine rings is 1. The van der Waals surface area contributed by atoms with Crippen molar-refractivity contribution in [2.24, 2.45) is 7.05 Å². The first-order valence-electron chi connectivity index (χ1n) is 8.05. The first kappa shape index (κ1) is 13.7. The van der Waals surface area contributed by atoms with Crippen molar-refractivity contribution in [2.45, 2.75) is 31.7 Å². The first-order valence-corrected chi connectivity index (χ1v) is 8.05. The van der Waals surface area contributed by atoms with E-state index < -0.39 is 0 Å². The fourth-order valence-corrected chi connectivity index (χ4v) is 3.55. The van der Waals surface area contributed by atoms with E-state index in [1.165, 1.54) is 11.1 Å². The lowest BCUT2D eigenvalue weighted by Crippen LogP contribution is -2.42. The second-order valence-electron chi connectivity index (χ2n) is 6.28. The van der Waals surface area contributed by atoms with Crippen molar-refractivity contribution in [1.29, 1.82) is 0 Å². The zero-order valence-corrected chi connectivity index (χ0v) is 13.2. The van der Waals surface area contributed by atoms with Crippen LogP contribution in [0.5, 0.6) is 0 Å². The molecule has 0 aromatic carbocycles. The molecule has 3 heterocycles. The molecule has 1 aliphatic heterocycles. The van der Waals surface area contributed by atoms with Crippen LogP contribution in [0.2, 0.25) is 0 Å². The highest BCUT2D eigenvalue weighted by molar-refractivity contribution is 5.66. The van der Waals surface area contributed by atoms with Gasteiger partial charge in [0.2, 0.25) is 5.95 Å². The van der Waals surface area contributed by atoms with Crippen LogP contribution in [0.25, 0.3) is 11.4 Å². The average molecular weight is 298 g/mol. The molecule has 4 rings (SSSR count). The maximum absolute atomic E-state index is 4.90. The standard InChI is InChI=1S/C16H22N6/c1-21(13-5-7-17-8-6-13)16-18-9-11-3-4-12-10-19-22(2)15(12)14(11)20-16/h9-10,13,17H,3-8H2,1-2H3. The van der Waals surface area contributed by atoms with E-state index in [9.17, 15) is 0 Å². The van der Waals surface area contributed by atoms with Gasteiger partial charge in [-0.15, -0.1) is 0 Å². The zero-order chi connectivity index (χ0) is 15.1. The molecule has 0 unspecified atom stereocenters. The van der Waals surface area contributed by atoms with Crippen LogP contribution in [0.1, 0.15) is 24.0 Å². The van der Waals surface area contributed by atoms with E-state index in [1.807, 2.05) is 24.1 Å². The van der Waals surface area contributed by atoms with Crippen molar-refractivity contribution in [2.75, 3.05) is 25.0 Å². The molecule has 1 fully saturated rings. The van der Waals surface area contributed by atoms with Crippen molar-refractivity contribution in [3.8, 4) is 11.4 Å². The molecule has 0 atom stereocenters. The molecule has 2 aromatic rings. The Labute approximate surface area is 130 Å². The average Bonchev–Trinajstić information content (AvgIpc) is 2.96. The van der Waals surface area contributed by atoms with Crippen LogP contribution in [0, 0.1) is 0 Å². The van der Waals surface area contributed by atoms with Crippen LogP contribution in [-0.2, 0) is 19.9 Å². The van der Waals surface area contributed by atoms with E-state index in [0.29, 0.717) is 6.04 Å². The third-order valence-electron chi connectivity index (χ3n) is 4.93. The summed E-state index contributed by atoms with van der Waals surface area (Å²) < 4.78 is 1.94. The summed E-state index contributed by atoms with van der Waals surface area (Å²) in [4.78, 5) is 11.8. The lowest BCUT2D eigenvalue weighted by atomic mass is 9.95. The molecule has 0 spiro atoms. The molecule has 1 aliphatic carbocycles. The second-order valence-corrected chi connectivity index (χ2v) is 6.28. The third kappa shape index (κ3) is 2.18. The molecule has 6 nitrogen and oxygen atoms in total. The Kier molecular flexibility index (Phi) is 3.33. The van der Waals surface area contributed by atoms with Gasteiger partial charge in [-0.25, -0.2) is 9.97 Å². The van der Waals surface area contributed by atoms with Gasteiger partial charge in [0.15, 0.2) is 0 Å². The summed E-state index contributed by atoms with van der Waals surface area (Å²) in [6.45, 7) is 2.15. The molecule has 0 saturated carbocycles. The van der Waals surface area contributed by atoms with E-state index >= 15 is 0 Å². The quantitative estimate of drug-likeness (QED) is 0.902. The van der Waals surface area contributed by atoms with Gasteiger partial charge in [-0.05, 0) is 49.9 Å². The molecule has 0 amide bonds. The van der Waals surface area contributed by atoms with E-state index in [0.717, 1.165) is 56.1 Å². The van der Waals surface area contributed by atoms with Crippen molar-refractivity contribution in [1.82, 2.24) is 25.1 Å². The van der Waals surface area contributed by atoms with Gasteiger partial charge in [0.1, 0.15) is 0 Å². The van der Waals surface area contributed by atoms with E-state index in [1.54, 1.807) is 0 Å². The number of nitrogens with one attached hydrogen (secondary N) is 1. The molecule has 22 heavy (non-hydrogen) atoms. The highest BCUT2D eigenvalue weighted by atomic mass is 15.3. The minimum absolute atomic E-state index is 0.522. The lowest BCUT2D eigenvalue weighted by molar-refractivity contribution is 0.439. The summed E-state index contributed by atoms with van der Waals surface area (Å²) in [6.07, 6.45) is 8.30. The van der Waals surface area contributed by atoms with Gasteiger partial charge in [-0.2, -0.15) is 5.10 Å². The summed E-state index contributed by atoms with van der Waals surface area (Å²) in [5.41, 5.74) is 4.75. The zero-order valence-electron chi connectivity index (χ0n) is 13.2. The second kappa shape index (κ2) is 5.35. The van der Waals surface area contributed by atoms with Gasteiger partial charge >= 0.3 is 0 Å². The molecule has 6 heteroatoms. The molecule has 0 radical (unpaired) electrons. The summed E-state index contributed by atoms with van der Waals surface area (Å²) in [5.74, 6) is 0.833. The molecule has 1 saturated heterocycles. The molecule has 2 aliphatic rings. The summed E-state index contributed by atoms with van der Waals surface area (Å²) >= 11 is 0. The van der Waals surface area contributed by atoms with Gasteiger partial charge in [0.05, 0.1) is 17.6 Å². The molecule has 2 aromatic heterocycles. The number of nitrogens with zero attached hydrogens (tertiary/aromatic N) is 5. The van der Waals surface area contributed by atoms with Gasteiger partial charge in [0.25, 0.3) is 0 Å². The Bertz CT molecular complexity index is 686. The molecule has 0 bridgehead atoms. The number of hydrogen-bond acceptors (Lipinski definition) is 5. The van der Waals surface area contributed by atoms with E-state index in [4.69, 9.17) is 4.98 Å². The van der Waals surface area contributed by atoms with Crippen LogP contribution < -0.4 is 10.2 Å².